The van der Waals surface area contributed by atoms with Crippen LogP contribution in [-0.4, -0.2) is 41.2 Å². The molecule has 0 unspecified atom stereocenters. The predicted octanol–water partition coefficient (Wildman–Crippen LogP) is 6.49. The van der Waals surface area contributed by atoms with Crippen LogP contribution in [0.4, 0.5) is 5.69 Å². The van der Waals surface area contributed by atoms with Crippen molar-refractivity contribution >= 4 is 45.8 Å². The summed E-state index contributed by atoms with van der Waals surface area (Å²) in [5.74, 6) is -0.188. The smallest absolute Gasteiger partial charge is 0.258 e. The first kappa shape index (κ1) is 27.2. The molecule has 1 fully saturated rings. The number of halogens is 1. The van der Waals surface area contributed by atoms with Gasteiger partial charge in [-0.3, -0.25) is 14.4 Å². The van der Waals surface area contributed by atoms with Gasteiger partial charge in [-0.1, -0.05) is 74.2 Å². The number of hydrogen-bond acceptors (Lipinski definition) is 3. The maximum atomic E-state index is 13.7. The first-order chi connectivity index (χ1) is 19.0. The van der Waals surface area contributed by atoms with Gasteiger partial charge in [-0.05, 0) is 60.9 Å². The molecule has 1 heterocycles. The molecule has 3 aromatic rings. The van der Waals surface area contributed by atoms with E-state index in [0.717, 1.165) is 47.7 Å². The fraction of sp³-hybridized carbons (Fsp3) is 0.406. The van der Waals surface area contributed by atoms with Crippen molar-refractivity contribution in [1.29, 1.82) is 0 Å². The van der Waals surface area contributed by atoms with E-state index in [-0.39, 0.29) is 30.2 Å². The molecule has 6 nitrogen and oxygen atoms in total. The van der Waals surface area contributed by atoms with E-state index < -0.39 is 6.04 Å². The molecule has 204 valence electrons. The van der Waals surface area contributed by atoms with Crippen LogP contribution in [0.25, 0.3) is 10.8 Å². The van der Waals surface area contributed by atoms with Gasteiger partial charge < -0.3 is 15.1 Å². The lowest BCUT2D eigenvalue weighted by atomic mass is 9.95. The average molecular weight is 546 g/mol. The van der Waals surface area contributed by atoms with Crippen molar-refractivity contribution in [3.63, 3.8) is 0 Å². The highest BCUT2D eigenvalue weighted by atomic mass is 35.5. The molecule has 0 bridgehead atoms. The molecule has 7 heteroatoms. The Morgan fingerprint density at radius 1 is 1.03 bits per heavy atom. The molecule has 0 radical (unpaired) electrons. The van der Waals surface area contributed by atoms with E-state index >= 15 is 0 Å². The van der Waals surface area contributed by atoms with Crippen molar-refractivity contribution in [3.8, 4) is 0 Å². The zero-order valence-corrected chi connectivity index (χ0v) is 23.3. The maximum absolute atomic E-state index is 13.7. The fourth-order valence-electron chi connectivity index (χ4n) is 5.98. The number of carbonyl (C=O) groups is 3. The van der Waals surface area contributed by atoms with Crippen molar-refractivity contribution in [2.75, 3.05) is 11.4 Å². The number of amides is 3. The summed E-state index contributed by atoms with van der Waals surface area (Å²) in [4.78, 5) is 43.7. The highest BCUT2D eigenvalue weighted by Crippen LogP contribution is 2.37. The lowest BCUT2D eigenvalue weighted by Crippen LogP contribution is -2.51. The van der Waals surface area contributed by atoms with Crippen LogP contribution < -0.4 is 10.2 Å². The van der Waals surface area contributed by atoms with Gasteiger partial charge >= 0.3 is 0 Å². The van der Waals surface area contributed by atoms with E-state index in [1.165, 1.54) is 6.42 Å². The number of nitrogens with zero attached hydrogens (tertiary/aromatic N) is 2. The predicted molar refractivity (Wildman–Crippen MR) is 156 cm³/mol. The molecule has 0 saturated heterocycles. The summed E-state index contributed by atoms with van der Waals surface area (Å²) >= 11 is 6.09. The summed E-state index contributed by atoms with van der Waals surface area (Å²) in [5.41, 5.74) is 2.54. The minimum Gasteiger partial charge on any atom is -0.352 e. The second kappa shape index (κ2) is 12.2. The second-order valence-corrected chi connectivity index (χ2v) is 11.1. The standard InChI is InChI=1S/C32H36ClN3O3/c1-2-27(31(38)34-25-11-4-3-5-12-25)36(21-22-16-18-24(33)19-17-22)29(37)15-8-20-35-28-14-7-10-23-9-6-13-26(30(23)28)32(35)39/h6-7,9-10,13-14,16-19,25,27H,2-5,8,11-12,15,20-21H2,1H3,(H,34,38)/t27-/m1/s1. The van der Waals surface area contributed by atoms with E-state index in [1.807, 2.05) is 55.5 Å². The average Bonchev–Trinajstić information content (AvgIpc) is 3.22. The molecule has 3 amide bonds. The lowest BCUT2D eigenvalue weighted by Gasteiger charge is -2.33. The van der Waals surface area contributed by atoms with Crippen molar-refractivity contribution < 1.29 is 14.4 Å². The summed E-state index contributed by atoms with van der Waals surface area (Å²) in [6.45, 7) is 2.73. The van der Waals surface area contributed by atoms with E-state index in [4.69, 9.17) is 11.6 Å². The van der Waals surface area contributed by atoms with Crippen LogP contribution >= 0.6 is 11.6 Å². The summed E-state index contributed by atoms with van der Waals surface area (Å²) < 4.78 is 0. The molecule has 1 aliphatic carbocycles. The number of benzene rings is 3. The van der Waals surface area contributed by atoms with Gasteiger partial charge in [0.05, 0.1) is 5.69 Å². The fourth-order valence-corrected chi connectivity index (χ4v) is 6.11. The second-order valence-electron chi connectivity index (χ2n) is 10.7. The Hall–Kier alpha value is -3.38. The minimum absolute atomic E-state index is 0.0226. The van der Waals surface area contributed by atoms with E-state index in [0.29, 0.717) is 36.5 Å². The zero-order valence-electron chi connectivity index (χ0n) is 22.5. The van der Waals surface area contributed by atoms with Crippen LogP contribution in [0.2, 0.25) is 5.02 Å². The number of hydrogen-bond donors (Lipinski definition) is 1. The third-order valence-electron chi connectivity index (χ3n) is 8.03. The number of carbonyl (C=O) groups excluding carboxylic acids is 3. The summed E-state index contributed by atoms with van der Waals surface area (Å²) in [6.07, 6.45) is 6.73. The van der Waals surface area contributed by atoms with Crippen LogP contribution in [0.3, 0.4) is 0 Å². The van der Waals surface area contributed by atoms with Gasteiger partial charge in [-0.2, -0.15) is 0 Å². The first-order valence-corrected chi connectivity index (χ1v) is 14.5. The largest absolute Gasteiger partial charge is 0.352 e. The highest BCUT2D eigenvalue weighted by molar-refractivity contribution is 6.30. The van der Waals surface area contributed by atoms with Crippen LogP contribution in [0.15, 0.2) is 60.7 Å². The van der Waals surface area contributed by atoms with Crippen molar-refractivity contribution in [2.24, 2.45) is 0 Å². The van der Waals surface area contributed by atoms with Crippen molar-refractivity contribution in [3.05, 3.63) is 76.8 Å². The Bertz CT molecular complexity index is 1350. The molecular weight excluding hydrogens is 510 g/mol. The molecule has 1 aliphatic heterocycles. The van der Waals surface area contributed by atoms with E-state index in [1.54, 1.807) is 21.9 Å². The molecule has 3 aromatic carbocycles. The molecule has 1 N–H and O–H groups in total. The summed E-state index contributed by atoms with van der Waals surface area (Å²) in [6, 6.07) is 18.8. The van der Waals surface area contributed by atoms with Gasteiger partial charge in [0.25, 0.3) is 5.91 Å². The molecule has 0 spiro atoms. The van der Waals surface area contributed by atoms with Gasteiger partial charge in [0.15, 0.2) is 0 Å². The third kappa shape index (κ3) is 5.96. The van der Waals surface area contributed by atoms with Crippen LogP contribution in [0, 0.1) is 0 Å². The van der Waals surface area contributed by atoms with Gasteiger partial charge in [0, 0.05) is 41.5 Å². The summed E-state index contributed by atoms with van der Waals surface area (Å²) in [5, 5.41) is 5.87. The van der Waals surface area contributed by atoms with E-state index in [9.17, 15) is 14.4 Å². The molecule has 0 aromatic heterocycles. The Morgan fingerprint density at radius 2 is 1.74 bits per heavy atom. The molecule has 39 heavy (non-hydrogen) atoms. The normalized spacial score (nSPS) is 15.9. The van der Waals surface area contributed by atoms with E-state index in [2.05, 4.69) is 5.32 Å². The SMILES string of the molecule is CC[C@H](C(=O)NC1CCCCC1)N(Cc1ccc(Cl)cc1)C(=O)CCCN1C(=O)c2cccc3cccc1c23. The van der Waals surface area contributed by atoms with Crippen LogP contribution in [0.1, 0.15) is 74.2 Å². The maximum Gasteiger partial charge on any atom is 0.258 e. The number of rotatable bonds is 10. The molecular formula is C32H36ClN3O3. The highest BCUT2D eigenvalue weighted by Gasteiger charge is 2.32. The van der Waals surface area contributed by atoms with Crippen molar-refractivity contribution in [1.82, 2.24) is 10.2 Å². The van der Waals surface area contributed by atoms with Crippen molar-refractivity contribution in [2.45, 2.75) is 76.9 Å². The molecule has 1 saturated carbocycles. The lowest BCUT2D eigenvalue weighted by molar-refractivity contribution is -0.141. The van der Waals surface area contributed by atoms with Gasteiger partial charge in [-0.25, -0.2) is 0 Å². The van der Waals surface area contributed by atoms with Gasteiger partial charge in [0.1, 0.15) is 6.04 Å². The third-order valence-corrected chi connectivity index (χ3v) is 8.28. The Kier molecular flexibility index (Phi) is 8.51. The number of anilines is 1. The monoisotopic (exact) mass is 545 g/mol. The molecule has 1 atom stereocenters. The quantitative estimate of drug-likeness (QED) is 0.316. The van der Waals surface area contributed by atoms with Crippen LogP contribution in [0.5, 0.6) is 0 Å². The van der Waals surface area contributed by atoms with Gasteiger partial charge in [-0.15, -0.1) is 0 Å². The number of nitrogens with one attached hydrogen (secondary N) is 1. The van der Waals surface area contributed by atoms with Gasteiger partial charge in [0.2, 0.25) is 11.8 Å². The Labute approximate surface area is 235 Å². The molecule has 2 aliphatic rings. The topological polar surface area (TPSA) is 69.7 Å². The molecule has 5 rings (SSSR count). The summed E-state index contributed by atoms with van der Waals surface area (Å²) in [7, 11) is 0. The minimum atomic E-state index is -0.554. The Balaban J connectivity index is 1.29. The first-order valence-electron chi connectivity index (χ1n) is 14.1. The van der Waals surface area contributed by atoms with Crippen LogP contribution in [-0.2, 0) is 16.1 Å². The zero-order chi connectivity index (χ0) is 27.4. The Morgan fingerprint density at radius 3 is 2.46 bits per heavy atom.